The van der Waals surface area contributed by atoms with Gasteiger partial charge in [0, 0.05) is 20.3 Å². The van der Waals surface area contributed by atoms with E-state index in [1.54, 1.807) is 18.9 Å². The maximum atomic E-state index is 12.0. The van der Waals surface area contributed by atoms with Crippen LogP contribution >= 0.6 is 11.8 Å². The largest absolute Gasteiger partial charge is 0.354 e. The number of rotatable bonds is 9. The van der Waals surface area contributed by atoms with Gasteiger partial charge < -0.3 is 14.8 Å². The van der Waals surface area contributed by atoms with Crippen molar-refractivity contribution in [2.75, 3.05) is 14.2 Å². The summed E-state index contributed by atoms with van der Waals surface area (Å²) in [7, 11) is 3.10. The van der Waals surface area contributed by atoms with E-state index in [1.165, 1.54) is 11.8 Å². The van der Waals surface area contributed by atoms with Gasteiger partial charge in [-0.05, 0) is 30.7 Å². The lowest BCUT2D eigenvalue weighted by Crippen LogP contribution is -2.37. The molecule has 0 aliphatic carbocycles. The number of nitrogens with one attached hydrogen (secondary N) is 1. The summed E-state index contributed by atoms with van der Waals surface area (Å²) in [5, 5.41) is 14.7. The standard InChI is InChI=1S/C12H23N5O3S/c1-6-8(2)13-11(18)9(3)21-12-14-15-16-17(12)7-10(19-4)20-5/h8-10H,6-7H2,1-5H3,(H,13,18). The van der Waals surface area contributed by atoms with Crippen molar-refractivity contribution < 1.29 is 14.3 Å². The SMILES string of the molecule is CCC(C)NC(=O)C(C)Sc1nnnn1CC(OC)OC. The Kier molecular flexibility index (Phi) is 7.62. The van der Waals surface area contributed by atoms with Gasteiger partial charge in [0.1, 0.15) is 0 Å². The van der Waals surface area contributed by atoms with Gasteiger partial charge in [0.25, 0.3) is 0 Å². The monoisotopic (exact) mass is 317 g/mol. The molecule has 1 amide bonds. The molecule has 1 heterocycles. The zero-order valence-electron chi connectivity index (χ0n) is 13.1. The highest BCUT2D eigenvalue weighted by Gasteiger charge is 2.20. The van der Waals surface area contributed by atoms with Crippen molar-refractivity contribution in [3.63, 3.8) is 0 Å². The van der Waals surface area contributed by atoms with E-state index in [4.69, 9.17) is 9.47 Å². The number of hydrogen-bond donors (Lipinski definition) is 1. The molecule has 2 unspecified atom stereocenters. The van der Waals surface area contributed by atoms with Crippen LogP contribution in [0.5, 0.6) is 0 Å². The van der Waals surface area contributed by atoms with Crippen LogP contribution in [0.3, 0.4) is 0 Å². The number of amides is 1. The minimum Gasteiger partial charge on any atom is -0.354 e. The Balaban J connectivity index is 2.62. The van der Waals surface area contributed by atoms with Crippen molar-refractivity contribution in [3.8, 4) is 0 Å². The number of thioether (sulfide) groups is 1. The van der Waals surface area contributed by atoms with Gasteiger partial charge in [0.15, 0.2) is 6.29 Å². The number of hydrogen-bond acceptors (Lipinski definition) is 7. The van der Waals surface area contributed by atoms with E-state index in [9.17, 15) is 4.79 Å². The zero-order valence-corrected chi connectivity index (χ0v) is 13.9. The van der Waals surface area contributed by atoms with Gasteiger partial charge in [-0.3, -0.25) is 4.79 Å². The van der Waals surface area contributed by atoms with Crippen LogP contribution in [0.2, 0.25) is 0 Å². The number of methoxy groups -OCH3 is 2. The highest BCUT2D eigenvalue weighted by molar-refractivity contribution is 8.00. The molecule has 1 aromatic heterocycles. The topological polar surface area (TPSA) is 91.2 Å². The lowest BCUT2D eigenvalue weighted by Gasteiger charge is -2.16. The smallest absolute Gasteiger partial charge is 0.233 e. The van der Waals surface area contributed by atoms with Crippen LogP contribution in [-0.2, 0) is 20.8 Å². The summed E-state index contributed by atoms with van der Waals surface area (Å²) >= 11 is 1.30. The van der Waals surface area contributed by atoms with Crippen molar-refractivity contribution in [1.29, 1.82) is 0 Å². The molecule has 21 heavy (non-hydrogen) atoms. The third-order valence-corrected chi connectivity index (χ3v) is 4.07. The number of carbonyl (C=O) groups is 1. The molecular formula is C12H23N5O3S. The molecule has 0 saturated heterocycles. The molecule has 0 aromatic carbocycles. The second kappa shape index (κ2) is 8.96. The summed E-state index contributed by atoms with van der Waals surface area (Å²) in [6.45, 7) is 6.19. The van der Waals surface area contributed by atoms with Crippen molar-refractivity contribution in [2.24, 2.45) is 0 Å². The summed E-state index contributed by atoms with van der Waals surface area (Å²) < 4.78 is 11.8. The first-order valence-electron chi connectivity index (χ1n) is 6.80. The van der Waals surface area contributed by atoms with Crippen LogP contribution in [0.15, 0.2) is 5.16 Å². The van der Waals surface area contributed by atoms with E-state index in [0.29, 0.717) is 11.7 Å². The van der Waals surface area contributed by atoms with Gasteiger partial charge >= 0.3 is 0 Å². The first kappa shape index (κ1) is 17.9. The van der Waals surface area contributed by atoms with E-state index in [2.05, 4.69) is 20.8 Å². The summed E-state index contributed by atoms with van der Waals surface area (Å²) in [6.07, 6.45) is 0.460. The Morgan fingerprint density at radius 3 is 2.62 bits per heavy atom. The quantitative estimate of drug-likeness (QED) is 0.529. The Bertz CT molecular complexity index is 438. The lowest BCUT2D eigenvalue weighted by atomic mass is 10.2. The molecule has 120 valence electrons. The molecular weight excluding hydrogens is 294 g/mol. The minimum absolute atomic E-state index is 0.0288. The van der Waals surface area contributed by atoms with Gasteiger partial charge in [0.05, 0.1) is 11.8 Å². The first-order valence-corrected chi connectivity index (χ1v) is 7.68. The fourth-order valence-electron chi connectivity index (χ4n) is 1.46. The van der Waals surface area contributed by atoms with Crippen LogP contribution in [0.1, 0.15) is 27.2 Å². The third kappa shape index (κ3) is 5.60. The van der Waals surface area contributed by atoms with E-state index in [1.807, 2.05) is 20.8 Å². The molecule has 0 aliphatic rings. The van der Waals surface area contributed by atoms with Gasteiger partial charge in [0.2, 0.25) is 11.1 Å². The zero-order chi connectivity index (χ0) is 15.8. The fraction of sp³-hybridized carbons (Fsp3) is 0.833. The number of tetrazole rings is 1. The molecule has 1 N–H and O–H groups in total. The van der Waals surface area contributed by atoms with Gasteiger partial charge in [-0.1, -0.05) is 18.7 Å². The molecule has 0 aliphatic heterocycles. The molecule has 0 radical (unpaired) electrons. The Hall–Kier alpha value is -1.19. The third-order valence-electron chi connectivity index (χ3n) is 3.00. The van der Waals surface area contributed by atoms with Crippen LogP contribution in [0.4, 0.5) is 0 Å². The van der Waals surface area contributed by atoms with Gasteiger partial charge in [-0.25, -0.2) is 4.68 Å². The molecule has 0 spiro atoms. The second-order valence-electron chi connectivity index (χ2n) is 4.62. The normalized spacial score (nSPS) is 14.2. The van der Waals surface area contributed by atoms with Crippen LogP contribution < -0.4 is 5.32 Å². The maximum Gasteiger partial charge on any atom is 0.233 e. The Labute approximate surface area is 128 Å². The molecule has 2 atom stereocenters. The van der Waals surface area contributed by atoms with Crippen molar-refractivity contribution in [1.82, 2.24) is 25.5 Å². The van der Waals surface area contributed by atoms with E-state index in [-0.39, 0.29) is 17.2 Å². The molecule has 8 nitrogen and oxygen atoms in total. The molecule has 1 rings (SSSR count). The Morgan fingerprint density at radius 2 is 2.05 bits per heavy atom. The molecule has 9 heteroatoms. The van der Waals surface area contributed by atoms with Crippen LogP contribution in [0.25, 0.3) is 0 Å². The summed E-state index contributed by atoms with van der Waals surface area (Å²) in [5.74, 6) is -0.0288. The van der Waals surface area contributed by atoms with E-state index >= 15 is 0 Å². The number of ether oxygens (including phenoxy) is 2. The Morgan fingerprint density at radius 1 is 1.38 bits per heavy atom. The predicted octanol–water partition coefficient (Wildman–Crippen LogP) is 0.687. The minimum atomic E-state index is -0.433. The first-order chi connectivity index (χ1) is 10.0. The molecule has 1 aromatic rings. The molecule has 0 bridgehead atoms. The number of carbonyl (C=O) groups excluding carboxylic acids is 1. The van der Waals surface area contributed by atoms with Crippen molar-refractivity contribution in [2.45, 2.75) is 56.5 Å². The highest BCUT2D eigenvalue weighted by Crippen LogP contribution is 2.20. The predicted molar refractivity (Wildman–Crippen MR) is 78.8 cm³/mol. The van der Waals surface area contributed by atoms with Gasteiger partial charge in [-0.2, -0.15) is 0 Å². The molecule has 0 fully saturated rings. The number of aromatic nitrogens is 4. The van der Waals surface area contributed by atoms with Crippen LogP contribution in [0, 0.1) is 0 Å². The number of nitrogens with zero attached hydrogens (tertiary/aromatic N) is 4. The second-order valence-corrected chi connectivity index (χ2v) is 5.93. The van der Waals surface area contributed by atoms with Crippen molar-refractivity contribution in [3.05, 3.63) is 0 Å². The average molecular weight is 317 g/mol. The van der Waals surface area contributed by atoms with E-state index in [0.717, 1.165) is 6.42 Å². The van der Waals surface area contributed by atoms with Gasteiger partial charge in [-0.15, -0.1) is 5.10 Å². The van der Waals surface area contributed by atoms with Crippen molar-refractivity contribution >= 4 is 17.7 Å². The fourth-order valence-corrected chi connectivity index (χ4v) is 2.26. The van der Waals surface area contributed by atoms with Crippen LogP contribution in [-0.4, -0.2) is 57.9 Å². The highest BCUT2D eigenvalue weighted by atomic mass is 32.2. The maximum absolute atomic E-state index is 12.0. The lowest BCUT2D eigenvalue weighted by molar-refractivity contribution is -0.120. The van der Waals surface area contributed by atoms with E-state index < -0.39 is 6.29 Å². The summed E-state index contributed by atoms with van der Waals surface area (Å²) in [4.78, 5) is 12.0. The molecule has 0 saturated carbocycles. The summed E-state index contributed by atoms with van der Waals surface area (Å²) in [5.41, 5.74) is 0. The summed E-state index contributed by atoms with van der Waals surface area (Å²) in [6, 6.07) is 0.155. The average Bonchev–Trinajstić information content (AvgIpc) is 2.91.